The van der Waals surface area contributed by atoms with Crippen LogP contribution in [0.4, 0.5) is 0 Å². The van der Waals surface area contributed by atoms with Gasteiger partial charge in [0.25, 0.3) is 0 Å². The van der Waals surface area contributed by atoms with Gasteiger partial charge in [0, 0.05) is 39.1 Å². The Bertz CT molecular complexity index is 572. The molecule has 3 heterocycles. The monoisotopic (exact) mass is 333 g/mol. The van der Waals surface area contributed by atoms with Gasteiger partial charge in [-0.25, -0.2) is 4.98 Å². The number of piperidine rings is 1. The fraction of sp³-hybridized carbons (Fsp3) is 0.765. The van der Waals surface area contributed by atoms with E-state index in [1.807, 2.05) is 9.80 Å². The summed E-state index contributed by atoms with van der Waals surface area (Å²) in [6.07, 6.45) is 8.22. The average molecular weight is 333 g/mol. The van der Waals surface area contributed by atoms with Gasteiger partial charge in [0.1, 0.15) is 12.7 Å². The quantitative estimate of drug-likeness (QED) is 0.787. The van der Waals surface area contributed by atoms with E-state index < -0.39 is 0 Å². The van der Waals surface area contributed by atoms with Crippen LogP contribution in [0, 0.1) is 5.41 Å². The van der Waals surface area contributed by atoms with E-state index in [4.69, 9.17) is 0 Å². The lowest BCUT2D eigenvalue weighted by Gasteiger charge is -2.39. The summed E-state index contributed by atoms with van der Waals surface area (Å²) < 4.78 is 1.74. The van der Waals surface area contributed by atoms with Crippen LogP contribution in [0.15, 0.2) is 12.7 Å². The van der Waals surface area contributed by atoms with Crippen LogP contribution in [0.3, 0.4) is 0 Å². The number of carbonyl (C=O) groups is 2. The van der Waals surface area contributed by atoms with E-state index in [-0.39, 0.29) is 17.2 Å². The lowest BCUT2D eigenvalue weighted by atomic mass is 9.78. The Balaban J connectivity index is 1.52. The smallest absolute Gasteiger partial charge is 0.230 e. The maximum Gasteiger partial charge on any atom is 0.230 e. The fourth-order valence-corrected chi connectivity index (χ4v) is 4.00. The van der Waals surface area contributed by atoms with Gasteiger partial charge in [0.15, 0.2) is 0 Å². The highest BCUT2D eigenvalue weighted by atomic mass is 16.2. The molecule has 24 heavy (non-hydrogen) atoms. The first-order valence-corrected chi connectivity index (χ1v) is 9.04. The van der Waals surface area contributed by atoms with Crippen LogP contribution in [0.1, 0.15) is 45.4 Å². The molecule has 1 atom stereocenters. The standard InChI is InChI=1S/C17H27N5O2/c1-2-8-20-9-4-6-17(16(20)24)7-11-21(12-17)15(23)5-3-10-22-14-18-13-19-22/h13-14H,2-12H2,1H3/t17-/m1/s1. The molecule has 2 aliphatic heterocycles. The largest absolute Gasteiger partial charge is 0.342 e. The fourth-order valence-electron chi connectivity index (χ4n) is 4.00. The Kier molecular flexibility index (Phi) is 5.16. The number of rotatable bonds is 6. The van der Waals surface area contributed by atoms with E-state index in [1.54, 1.807) is 11.0 Å². The summed E-state index contributed by atoms with van der Waals surface area (Å²) in [7, 11) is 0. The van der Waals surface area contributed by atoms with Crippen LogP contribution in [0.5, 0.6) is 0 Å². The minimum atomic E-state index is -0.311. The molecule has 7 heteroatoms. The van der Waals surface area contributed by atoms with Crippen LogP contribution in [-0.4, -0.2) is 62.6 Å². The van der Waals surface area contributed by atoms with Gasteiger partial charge in [-0.1, -0.05) is 6.92 Å². The molecule has 1 aromatic rings. The topological polar surface area (TPSA) is 71.3 Å². The number of nitrogens with zero attached hydrogens (tertiary/aromatic N) is 5. The number of carbonyl (C=O) groups excluding carboxylic acids is 2. The molecule has 0 unspecified atom stereocenters. The molecule has 2 aliphatic rings. The third-order valence-electron chi connectivity index (χ3n) is 5.27. The number of likely N-dealkylation sites (tertiary alicyclic amines) is 2. The molecule has 3 rings (SSSR count). The number of hydrogen-bond acceptors (Lipinski definition) is 4. The summed E-state index contributed by atoms with van der Waals surface area (Å²) in [6, 6.07) is 0. The number of amides is 2. The van der Waals surface area contributed by atoms with Crippen molar-refractivity contribution in [2.75, 3.05) is 26.2 Å². The molecule has 0 N–H and O–H groups in total. The highest BCUT2D eigenvalue weighted by Gasteiger charge is 2.48. The van der Waals surface area contributed by atoms with Crippen molar-refractivity contribution < 1.29 is 9.59 Å². The van der Waals surface area contributed by atoms with E-state index in [9.17, 15) is 9.59 Å². The van der Waals surface area contributed by atoms with Crippen LogP contribution in [0.2, 0.25) is 0 Å². The zero-order chi connectivity index (χ0) is 17.0. The van der Waals surface area contributed by atoms with Gasteiger partial charge in [0.05, 0.1) is 5.41 Å². The molecule has 7 nitrogen and oxygen atoms in total. The van der Waals surface area contributed by atoms with E-state index in [1.165, 1.54) is 6.33 Å². The maximum absolute atomic E-state index is 12.8. The predicted octanol–water partition coefficient (Wildman–Crippen LogP) is 1.31. The summed E-state index contributed by atoms with van der Waals surface area (Å²) in [5.74, 6) is 0.431. The van der Waals surface area contributed by atoms with Gasteiger partial charge in [-0.2, -0.15) is 5.10 Å². The molecule has 0 saturated carbocycles. The Labute approximate surface area is 143 Å². The van der Waals surface area contributed by atoms with Gasteiger partial charge in [-0.3, -0.25) is 14.3 Å². The summed E-state index contributed by atoms with van der Waals surface area (Å²) in [5, 5.41) is 4.05. The maximum atomic E-state index is 12.8. The summed E-state index contributed by atoms with van der Waals surface area (Å²) in [4.78, 5) is 33.1. The first kappa shape index (κ1) is 16.9. The summed E-state index contributed by atoms with van der Waals surface area (Å²) in [5.41, 5.74) is -0.311. The number of aromatic nitrogens is 3. The van der Waals surface area contributed by atoms with E-state index >= 15 is 0 Å². The van der Waals surface area contributed by atoms with Crippen LogP contribution < -0.4 is 0 Å². The van der Waals surface area contributed by atoms with Crippen molar-refractivity contribution in [1.29, 1.82) is 0 Å². The van der Waals surface area contributed by atoms with Gasteiger partial charge in [0.2, 0.25) is 11.8 Å². The van der Waals surface area contributed by atoms with Gasteiger partial charge in [-0.15, -0.1) is 0 Å². The molecule has 2 amide bonds. The minimum Gasteiger partial charge on any atom is -0.342 e. The second kappa shape index (κ2) is 7.32. The van der Waals surface area contributed by atoms with Crippen LogP contribution >= 0.6 is 0 Å². The van der Waals surface area contributed by atoms with Crippen molar-refractivity contribution >= 4 is 11.8 Å². The first-order valence-electron chi connectivity index (χ1n) is 9.04. The van der Waals surface area contributed by atoms with Crippen molar-refractivity contribution in [3.05, 3.63) is 12.7 Å². The van der Waals surface area contributed by atoms with Crippen molar-refractivity contribution in [2.24, 2.45) is 5.41 Å². The van der Waals surface area contributed by atoms with Crippen LogP contribution in [0.25, 0.3) is 0 Å². The molecular formula is C17H27N5O2. The zero-order valence-corrected chi connectivity index (χ0v) is 14.5. The minimum absolute atomic E-state index is 0.160. The Morgan fingerprint density at radius 1 is 1.29 bits per heavy atom. The summed E-state index contributed by atoms with van der Waals surface area (Å²) >= 11 is 0. The highest BCUT2D eigenvalue weighted by Crippen LogP contribution is 2.40. The molecular weight excluding hydrogens is 306 g/mol. The Morgan fingerprint density at radius 3 is 2.92 bits per heavy atom. The number of hydrogen-bond donors (Lipinski definition) is 0. The molecule has 0 aliphatic carbocycles. The number of aryl methyl sites for hydroxylation is 1. The Hall–Kier alpha value is -1.92. The van der Waals surface area contributed by atoms with Crippen molar-refractivity contribution in [1.82, 2.24) is 24.6 Å². The SMILES string of the molecule is CCCN1CCC[C@]2(CCN(C(=O)CCCn3cncn3)C2)C1=O. The normalized spacial score (nSPS) is 24.1. The molecule has 1 aromatic heterocycles. The van der Waals surface area contributed by atoms with E-state index in [0.29, 0.717) is 26.1 Å². The van der Waals surface area contributed by atoms with E-state index in [2.05, 4.69) is 17.0 Å². The molecule has 0 radical (unpaired) electrons. The van der Waals surface area contributed by atoms with Gasteiger partial charge >= 0.3 is 0 Å². The van der Waals surface area contributed by atoms with Gasteiger partial charge < -0.3 is 9.80 Å². The van der Waals surface area contributed by atoms with Crippen molar-refractivity contribution in [3.8, 4) is 0 Å². The second-order valence-electron chi connectivity index (χ2n) is 7.00. The van der Waals surface area contributed by atoms with Gasteiger partial charge in [-0.05, 0) is 32.1 Å². The Morgan fingerprint density at radius 2 is 2.17 bits per heavy atom. The molecule has 2 saturated heterocycles. The zero-order valence-electron chi connectivity index (χ0n) is 14.5. The predicted molar refractivity (Wildman–Crippen MR) is 89.0 cm³/mol. The first-order chi connectivity index (χ1) is 11.6. The van der Waals surface area contributed by atoms with Crippen LogP contribution in [-0.2, 0) is 16.1 Å². The second-order valence-corrected chi connectivity index (χ2v) is 7.00. The van der Waals surface area contributed by atoms with Crippen molar-refractivity contribution in [2.45, 2.75) is 52.0 Å². The summed E-state index contributed by atoms with van der Waals surface area (Å²) in [6.45, 7) is 5.84. The molecule has 0 aromatic carbocycles. The average Bonchev–Trinajstić information content (AvgIpc) is 3.23. The lowest BCUT2D eigenvalue weighted by Crippen LogP contribution is -2.50. The van der Waals surface area contributed by atoms with E-state index in [0.717, 1.165) is 45.2 Å². The van der Waals surface area contributed by atoms with Crippen molar-refractivity contribution in [3.63, 3.8) is 0 Å². The lowest BCUT2D eigenvalue weighted by molar-refractivity contribution is -0.146. The molecule has 2 fully saturated rings. The molecule has 132 valence electrons. The highest BCUT2D eigenvalue weighted by molar-refractivity contribution is 5.86. The third-order valence-corrected chi connectivity index (χ3v) is 5.27. The molecule has 0 bridgehead atoms. The third kappa shape index (κ3) is 3.44. The molecule has 1 spiro atoms.